The first-order valence-electron chi connectivity index (χ1n) is 8.83. The van der Waals surface area contributed by atoms with Crippen LogP contribution in [-0.2, 0) is 11.3 Å². The van der Waals surface area contributed by atoms with Gasteiger partial charge in [-0.05, 0) is 38.1 Å². The molecule has 2 aromatic heterocycles. The lowest BCUT2D eigenvalue weighted by Crippen LogP contribution is -2.32. The summed E-state index contributed by atoms with van der Waals surface area (Å²) in [5, 5.41) is 0.521. The minimum absolute atomic E-state index is 0.0188. The molecule has 0 saturated carbocycles. The van der Waals surface area contributed by atoms with Gasteiger partial charge in [-0.3, -0.25) is 14.4 Å². The molecule has 27 heavy (non-hydrogen) atoms. The number of aromatic amines is 1. The van der Waals surface area contributed by atoms with Crippen molar-refractivity contribution in [3.8, 4) is 0 Å². The smallest absolute Gasteiger partial charge is 0.258 e. The summed E-state index contributed by atoms with van der Waals surface area (Å²) in [5.74, 6) is 0.291. The number of hydrogen-bond donors (Lipinski definition) is 1. The van der Waals surface area contributed by atoms with Crippen molar-refractivity contribution in [1.29, 1.82) is 0 Å². The first-order valence-corrected chi connectivity index (χ1v) is 9.65. The molecule has 0 fully saturated rings. The highest BCUT2D eigenvalue weighted by molar-refractivity contribution is 7.14. The number of Topliss-reactive ketones (excluding diaryl/α,β-unsaturated/α-hetero) is 1. The number of ketones is 1. The average molecular weight is 383 g/mol. The van der Waals surface area contributed by atoms with Crippen molar-refractivity contribution in [2.24, 2.45) is 0 Å². The Kier molecular flexibility index (Phi) is 5.81. The second-order valence-corrected chi connectivity index (χ2v) is 7.56. The van der Waals surface area contributed by atoms with Crippen molar-refractivity contribution < 1.29 is 9.59 Å². The molecule has 6 nitrogen and oxygen atoms in total. The Labute approximate surface area is 160 Å². The molecule has 0 bridgehead atoms. The van der Waals surface area contributed by atoms with Gasteiger partial charge >= 0.3 is 0 Å². The normalized spacial score (nSPS) is 10.9. The van der Waals surface area contributed by atoms with E-state index in [0.29, 0.717) is 28.1 Å². The summed E-state index contributed by atoms with van der Waals surface area (Å²) in [6, 6.07) is 10.8. The number of benzene rings is 1. The Balaban J connectivity index is 1.67. The van der Waals surface area contributed by atoms with Crippen LogP contribution < -0.4 is 5.56 Å². The van der Waals surface area contributed by atoms with Crippen LogP contribution in [0, 0.1) is 6.92 Å². The minimum Gasteiger partial charge on any atom is -0.335 e. The van der Waals surface area contributed by atoms with E-state index in [-0.39, 0.29) is 36.6 Å². The molecular formula is C20H21N3O3S. The van der Waals surface area contributed by atoms with E-state index in [0.717, 1.165) is 4.88 Å². The predicted octanol–water partition coefficient (Wildman–Crippen LogP) is 3.30. The van der Waals surface area contributed by atoms with Crippen LogP contribution in [0.25, 0.3) is 10.9 Å². The van der Waals surface area contributed by atoms with Crippen LogP contribution in [0.3, 0.4) is 0 Å². The quantitative estimate of drug-likeness (QED) is 0.635. The van der Waals surface area contributed by atoms with Crippen molar-refractivity contribution in [1.82, 2.24) is 14.9 Å². The fourth-order valence-electron chi connectivity index (χ4n) is 2.85. The van der Waals surface area contributed by atoms with Gasteiger partial charge in [0.1, 0.15) is 5.82 Å². The van der Waals surface area contributed by atoms with Gasteiger partial charge < -0.3 is 9.88 Å². The molecule has 3 aromatic rings. The minimum atomic E-state index is -0.220. The lowest BCUT2D eigenvalue weighted by Gasteiger charge is -2.20. The molecule has 2 heterocycles. The molecule has 0 unspecified atom stereocenters. The molecule has 1 aromatic carbocycles. The highest BCUT2D eigenvalue weighted by Gasteiger charge is 2.17. The highest BCUT2D eigenvalue weighted by Crippen LogP contribution is 2.18. The first-order chi connectivity index (χ1) is 13.0. The molecule has 0 radical (unpaired) electrons. The van der Waals surface area contributed by atoms with Crippen LogP contribution in [-0.4, -0.2) is 33.1 Å². The number of H-pyrrole nitrogens is 1. The number of para-hydroxylation sites is 1. The predicted molar refractivity (Wildman–Crippen MR) is 106 cm³/mol. The van der Waals surface area contributed by atoms with Crippen LogP contribution in [0.5, 0.6) is 0 Å². The number of aromatic nitrogens is 2. The number of nitrogens with zero attached hydrogens (tertiary/aromatic N) is 2. The summed E-state index contributed by atoms with van der Waals surface area (Å²) in [5.41, 5.74) is 0.380. The standard InChI is InChI=1S/C20H21N3O3S/c1-3-23(19(25)11-9-16(24)17-10-8-13(2)27-17)12-18-21-15-7-5-4-6-14(15)20(26)22-18/h4-8,10H,3,9,11-12H2,1-2H3,(H,21,22,26). The van der Waals surface area contributed by atoms with Gasteiger partial charge in [0.15, 0.2) is 5.78 Å². The van der Waals surface area contributed by atoms with E-state index in [4.69, 9.17) is 0 Å². The average Bonchev–Trinajstić information content (AvgIpc) is 3.10. The lowest BCUT2D eigenvalue weighted by atomic mass is 10.1. The fraction of sp³-hybridized carbons (Fsp3) is 0.300. The number of fused-ring (bicyclic) bond motifs is 1. The molecule has 0 aliphatic heterocycles. The van der Waals surface area contributed by atoms with Crippen molar-refractivity contribution in [3.05, 3.63) is 62.3 Å². The molecule has 1 N–H and O–H groups in total. The zero-order valence-electron chi connectivity index (χ0n) is 15.3. The third-order valence-corrected chi connectivity index (χ3v) is 5.36. The molecule has 0 spiro atoms. The van der Waals surface area contributed by atoms with Crippen LogP contribution in [0.4, 0.5) is 0 Å². The Bertz CT molecular complexity index is 1040. The third kappa shape index (κ3) is 4.49. The van der Waals surface area contributed by atoms with E-state index in [1.54, 1.807) is 29.2 Å². The molecular weight excluding hydrogens is 362 g/mol. The Hall–Kier alpha value is -2.80. The second kappa shape index (κ2) is 8.26. The van der Waals surface area contributed by atoms with Gasteiger partial charge in [-0.1, -0.05) is 12.1 Å². The van der Waals surface area contributed by atoms with E-state index >= 15 is 0 Å². The number of rotatable bonds is 7. The van der Waals surface area contributed by atoms with E-state index in [1.807, 2.05) is 26.0 Å². The zero-order valence-corrected chi connectivity index (χ0v) is 16.1. The molecule has 0 aliphatic rings. The highest BCUT2D eigenvalue weighted by atomic mass is 32.1. The maximum absolute atomic E-state index is 12.5. The van der Waals surface area contributed by atoms with E-state index in [1.165, 1.54) is 11.3 Å². The van der Waals surface area contributed by atoms with E-state index in [9.17, 15) is 14.4 Å². The summed E-state index contributed by atoms with van der Waals surface area (Å²) in [6.07, 6.45) is 0.318. The summed E-state index contributed by atoms with van der Waals surface area (Å²) in [4.78, 5) is 47.4. The molecule has 140 valence electrons. The second-order valence-electron chi connectivity index (χ2n) is 6.27. The zero-order chi connectivity index (χ0) is 19.4. The number of carbonyl (C=O) groups is 2. The fourth-order valence-corrected chi connectivity index (χ4v) is 3.69. The van der Waals surface area contributed by atoms with Gasteiger partial charge in [0.25, 0.3) is 5.56 Å². The Morgan fingerprint density at radius 2 is 1.93 bits per heavy atom. The maximum Gasteiger partial charge on any atom is 0.258 e. The van der Waals surface area contributed by atoms with Crippen LogP contribution >= 0.6 is 11.3 Å². The summed E-state index contributed by atoms with van der Waals surface area (Å²) in [6.45, 7) is 4.49. The van der Waals surface area contributed by atoms with Gasteiger partial charge in [-0.15, -0.1) is 11.3 Å². The van der Waals surface area contributed by atoms with E-state index in [2.05, 4.69) is 9.97 Å². The van der Waals surface area contributed by atoms with Crippen LogP contribution in [0.15, 0.2) is 41.2 Å². The largest absolute Gasteiger partial charge is 0.335 e. The molecule has 0 aliphatic carbocycles. The summed E-state index contributed by atoms with van der Waals surface area (Å²) >= 11 is 1.44. The van der Waals surface area contributed by atoms with Gasteiger partial charge in [0.05, 0.1) is 22.3 Å². The molecule has 0 atom stereocenters. The summed E-state index contributed by atoms with van der Waals surface area (Å²) < 4.78 is 0. The molecule has 7 heteroatoms. The van der Waals surface area contributed by atoms with Crippen molar-refractivity contribution in [3.63, 3.8) is 0 Å². The van der Waals surface area contributed by atoms with E-state index < -0.39 is 0 Å². The van der Waals surface area contributed by atoms with Crippen molar-refractivity contribution in [2.75, 3.05) is 6.54 Å². The van der Waals surface area contributed by atoms with Gasteiger partial charge in [-0.25, -0.2) is 4.98 Å². The van der Waals surface area contributed by atoms with Gasteiger partial charge in [-0.2, -0.15) is 0 Å². The van der Waals surface area contributed by atoms with Crippen LogP contribution in [0.2, 0.25) is 0 Å². The Morgan fingerprint density at radius 1 is 1.15 bits per heavy atom. The number of amides is 1. The van der Waals surface area contributed by atoms with Crippen molar-refractivity contribution in [2.45, 2.75) is 33.2 Å². The lowest BCUT2D eigenvalue weighted by molar-refractivity contribution is -0.131. The Morgan fingerprint density at radius 3 is 2.63 bits per heavy atom. The number of aryl methyl sites for hydroxylation is 1. The van der Waals surface area contributed by atoms with Gasteiger partial charge in [0, 0.05) is 24.3 Å². The molecule has 3 rings (SSSR count). The van der Waals surface area contributed by atoms with Crippen molar-refractivity contribution >= 4 is 33.9 Å². The molecule has 1 amide bonds. The number of nitrogens with one attached hydrogen (secondary N) is 1. The summed E-state index contributed by atoms with van der Waals surface area (Å²) in [7, 11) is 0. The SMILES string of the molecule is CCN(Cc1nc2ccccc2c(=O)[nH]1)C(=O)CCC(=O)c1ccc(C)s1. The monoisotopic (exact) mass is 383 g/mol. The maximum atomic E-state index is 12.5. The third-order valence-electron chi connectivity index (χ3n) is 4.32. The number of thiophene rings is 1. The topological polar surface area (TPSA) is 83.1 Å². The number of hydrogen-bond acceptors (Lipinski definition) is 5. The first kappa shape index (κ1) is 19.0. The number of carbonyl (C=O) groups excluding carboxylic acids is 2. The van der Waals surface area contributed by atoms with Crippen LogP contribution in [0.1, 0.15) is 40.1 Å². The molecule has 0 saturated heterocycles. The van der Waals surface area contributed by atoms with Gasteiger partial charge in [0.2, 0.25) is 5.91 Å².